The van der Waals surface area contributed by atoms with Gasteiger partial charge in [0.25, 0.3) is 0 Å². The molecule has 17 heavy (non-hydrogen) atoms. The maximum Gasteiger partial charge on any atom is 0.224 e. The van der Waals surface area contributed by atoms with Crippen molar-refractivity contribution in [2.24, 2.45) is 11.7 Å². The molecule has 5 heteroatoms. The fraction of sp³-hybridized carbons (Fsp3) is 0.417. The molecule has 1 aromatic carbocycles. The number of halogens is 2. The lowest BCUT2D eigenvalue weighted by Crippen LogP contribution is -2.32. The van der Waals surface area contributed by atoms with Gasteiger partial charge in [-0.15, -0.1) is 0 Å². The highest BCUT2D eigenvalue weighted by Gasteiger charge is 2.09. The predicted octanol–water partition coefficient (Wildman–Crippen LogP) is 1.22. The topological polar surface area (TPSA) is 55.1 Å². The number of rotatable bonds is 5. The molecular weight excluding hydrogens is 226 g/mol. The van der Waals surface area contributed by atoms with E-state index >= 15 is 0 Å². The Morgan fingerprint density at radius 3 is 2.76 bits per heavy atom. The molecule has 3 N–H and O–H groups in total. The maximum absolute atomic E-state index is 13.2. The van der Waals surface area contributed by atoms with E-state index in [1.165, 1.54) is 6.07 Å². The van der Waals surface area contributed by atoms with Crippen molar-refractivity contribution in [1.82, 2.24) is 5.32 Å². The first-order valence-electron chi connectivity index (χ1n) is 5.43. The molecule has 1 atom stereocenters. The molecule has 0 saturated carbocycles. The van der Waals surface area contributed by atoms with E-state index in [-0.39, 0.29) is 23.8 Å². The summed E-state index contributed by atoms with van der Waals surface area (Å²) >= 11 is 0. The highest BCUT2D eigenvalue weighted by molar-refractivity contribution is 5.78. The molecule has 1 amide bonds. The second kappa shape index (κ2) is 6.30. The Morgan fingerprint density at radius 1 is 1.47 bits per heavy atom. The van der Waals surface area contributed by atoms with E-state index in [2.05, 4.69) is 5.32 Å². The van der Waals surface area contributed by atoms with Crippen LogP contribution >= 0.6 is 0 Å². The molecule has 0 fully saturated rings. The van der Waals surface area contributed by atoms with Gasteiger partial charge in [0.15, 0.2) is 0 Å². The van der Waals surface area contributed by atoms with Crippen molar-refractivity contribution in [2.45, 2.75) is 13.3 Å². The van der Waals surface area contributed by atoms with Crippen molar-refractivity contribution in [1.29, 1.82) is 0 Å². The molecule has 0 aromatic heterocycles. The Bertz CT molecular complexity index is 396. The predicted molar refractivity (Wildman–Crippen MR) is 61.3 cm³/mol. The van der Waals surface area contributed by atoms with Crippen LogP contribution in [0.1, 0.15) is 12.5 Å². The number of hydrogen-bond donors (Lipinski definition) is 2. The lowest BCUT2D eigenvalue weighted by molar-refractivity contribution is -0.120. The largest absolute Gasteiger partial charge is 0.355 e. The smallest absolute Gasteiger partial charge is 0.224 e. The van der Waals surface area contributed by atoms with Crippen molar-refractivity contribution in [3.05, 3.63) is 35.4 Å². The van der Waals surface area contributed by atoms with E-state index < -0.39 is 11.6 Å². The second-order valence-electron chi connectivity index (χ2n) is 4.06. The molecule has 1 aromatic rings. The molecule has 1 rings (SSSR count). The van der Waals surface area contributed by atoms with Crippen LogP contribution < -0.4 is 11.1 Å². The molecule has 0 bridgehead atoms. The number of nitrogens with one attached hydrogen (secondary N) is 1. The van der Waals surface area contributed by atoms with Gasteiger partial charge in [0.2, 0.25) is 5.91 Å². The lowest BCUT2D eigenvalue weighted by atomic mass is 10.1. The summed E-state index contributed by atoms with van der Waals surface area (Å²) in [6, 6.07) is 3.18. The summed E-state index contributed by atoms with van der Waals surface area (Å²) in [6.07, 6.45) is -0.0938. The summed E-state index contributed by atoms with van der Waals surface area (Å²) < 4.78 is 25.9. The molecule has 0 spiro atoms. The van der Waals surface area contributed by atoms with Crippen LogP contribution in [0, 0.1) is 17.6 Å². The maximum atomic E-state index is 13.2. The summed E-state index contributed by atoms with van der Waals surface area (Å²) in [5.74, 6) is -1.47. The minimum absolute atomic E-state index is 0.0938. The summed E-state index contributed by atoms with van der Waals surface area (Å²) in [6.45, 7) is 2.84. The highest BCUT2D eigenvalue weighted by Crippen LogP contribution is 2.10. The zero-order valence-corrected chi connectivity index (χ0v) is 9.67. The first-order valence-corrected chi connectivity index (χ1v) is 5.43. The minimum Gasteiger partial charge on any atom is -0.355 e. The van der Waals surface area contributed by atoms with Gasteiger partial charge < -0.3 is 11.1 Å². The Balaban J connectivity index is 2.50. The molecule has 0 aliphatic heterocycles. The number of amides is 1. The molecule has 94 valence electrons. The number of benzene rings is 1. The van der Waals surface area contributed by atoms with Gasteiger partial charge in [-0.05, 0) is 24.1 Å². The van der Waals surface area contributed by atoms with Crippen molar-refractivity contribution in [2.75, 3.05) is 13.1 Å². The van der Waals surface area contributed by atoms with Crippen LogP contribution in [0.4, 0.5) is 8.78 Å². The third-order valence-electron chi connectivity index (χ3n) is 2.42. The summed E-state index contributed by atoms with van der Waals surface area (Å²) in [5, 5.41) is 2.64. The average molecular weight is 242 g/mol. The van der Waals surface area contributed by atoms with Gasteiger partial charge in [-0.2, -0.15) is 0 Å². The van der Waals surface area contributed by atoms with Crippen LogP contribution in [0.3, 0.4) is 0 Å². The Labute approximate surface area is 99.0 Å². The van der Waals surface area contributed by atoms with Crippen LogP contribution in [-0.2, 0) is 11.2 Å². The summed E-state index contributed by atoms with van der Waals surface area (Å²) in [5.41, 5.74) is 5.58. The average Bonchev–Trinajstić information content (AvgIpc) is 2.29. The number of nitrogens with two attached hydrogens (primary N) is 1. The van der Waals surface area contributed by atoms with Crippen LogP contribution in [0.5, 0.6) is 0 Å². The number of hydrogen-bond acceptors (Lipinski definition) is 2. The SMILES string of the molecule is CC(CN)CNC(=O)Cc1ccc(F)cc1F. The quantitative estimate of drug-likeness (QED) is 0.815. The molecule has 1 unspecified atom stereocenters. The monoisotopic (exact) mass is 242 g/mol. The van der Waals surface area contributed by atoms with Gasteiger partial charge in [-0.3, -0.25) is 4.79 Å². The zero-order chi connectivity index (χ0) is 12.8. The fourth-order valence-electron chi connectivity index (χ4n) is 1.27. The molecular formula is C12H16F2N2O. The third kappa shape index (κ3) is 4.48. The van der Waals surface area contributed by atoms with Crippen molar-refractivity contribution >= 4 is 5.91 Å². The number of carbonyl (C=O) groups excluding carboxylic acids is 1. The van der Waals surface area contributed by atoms with Crippen LogP contribution in [0.15, 0.2) is 18.2 Å². The van der Waals surface area contributed by atoms with Gasteiger partial charge in [-0.1, -0.05) is 13.0 Å². The normalized spacial score (nSPS) is 12.2. The molecule has 0 saturated heterocycles. The molecule has 0 radical (unpaired) electrons. The fourth-order valence-corrected chi connectivity index (χ4v) is 1.27. The Hall–Kier alpha value is -1.49. The summed E-state index contributed by atoms with van der Waals surface area (Å²) in [4.78, 5) is 11.5. The van der Waals surface area contributed by atoms with E-state index in [1.807, 2.05) is 6.92 Å². The minimum atomic E-state index is -0.702. The summed E-state index contributed by atoms with van der Waals surface area (Å²) in [7, 11) is 0. The van der Waals surface area contributed by atoms with Gasteiger partial charge in [0.05, 0.1) is 6.42 Å². The van der Waals surface area contributed by atoms with Gasteiger partial charge in [-0.25, -0.2) is 8.78 Å². The van der Waals surface area contributed by atoms with E-state index in [0.717, 1.165) is 12.1 Å². The highest BCUT2D eigenvalue weighted by atomic mass is 19.1. The van der Waals surface area contributed by atoms with E-state index in [4.69, 9.17) is 5.73 Å². The molecule has 0 aliphatic rings. The van der Waals surface area contributed by atoms with Crippen LogP contribution in [-0.4, -0.2) is 19.0 Å². The van der Waals surface area contributed by atoms with E-state index in [1.54, 1.807) is 0 Å². The zero-order valence-electron chi connectivity index (χ0n) is 9.67. The van der Waals surface area contributed by atoms with Crippen molar-refractivity contribution < 1.29 is 13.6 Å². The Morgan fingerprint density at radius 2 is 2.18 bits per heavy atom. The van der Waals surface area contributed by atoms with Crippen molar-refractivity contribution in [3.63, 3.8) is 0 Å². The van der Waals surface area contributed by atoms with Gasteiger partial charge in [0, 0.05) is 12.6 Å². The Kier molecular flexibility index (Phi) is 5.03. The van der Waals surface area contributed by atoms with Gasteiger partial charge >= 0.3 is 0 Å². The van der Waals surface area contributed by atoms with Gasteiger partial charge in [0.1, 0.15) is 11.6 Å². The van der Waals surface area contributed by atoms with E-state index in [0.29, 0.717) is 13.1 Å². The molecule has 0 aliphatic carbocycles. The number of carbonyl (C=O) groups is 1. The standard InChI is InChI=1S/C12H16F2N2O/c1-8(6-15)7-16-12(17)4-9-2-3-10(13)5-11(9)14/h2-3,5,8H,4,6-7,15H2,1H3,(H,16,17). The second-order valence-corrected chi connectivity index (χ2v) is 4.06. The lowest BCUT2D eigenvalue weighted by Gasteiger charge is -2.10. The molecule has 0 heterocycles. The van der Waals surface area contributed by atoms with Crippen LogP contribution in [0.2, 0.25) is 0 Å². The van der Waals surface area contributed by atoms with Crippen molar-refractivity contribution in [3.8, 4) is 0 Å². The van der Waals surface area contributed by atoms with E-state index in [9.17, 15) is 13.6 Å². The first kappa shape index (κ1) is 13.6. The first-order chi connectivity index (χ1) is 8.02. The third-order valence-corrected chi connectivity index (χ3v) is 2.42. The van der Waals surface area contributed by atoms with Crippen LogP contribution in [0.25, 0.3) is 0 Å². The molecule has 3 nitrogen and oxygen atoms in total.